The van der Waals surface area contributed by atoms with Crippen molar-refractivity contribution >= 4 is 5.69 Å². The van der Waals surface area contributed by atoms with E-state index in [-0.39, 0.29) is 5.82 Å². The average Bonchev–Trinajstić information content (AvgIpc) is 2.53. The van der Waals surface area contributed by atoms with Crippen molar-refractivity contribution in [1.29, 1.82) is 0 Å². The van der Waals surface area contributed by atoms with E-state index in [0.29, 0.717) is 6.04 Å². The number of piperazine rings is 1. The average molecular weight is 293 g/mol. The van der Waals surface area contributed by atoms with E-state index in [1.807, 2.05) is 12.1 Å². The van der Waals surface area contributed by atoms with E-state index < -0.39 is 0 Å². The van der Waals surface area contributed by atoms with Crippen LogP contribution in [0.25, 0.3) is 0 Å². The van der Waals surface area contributed by atoms with Gasteiger partial charge in [0.25, 0.3) is 0 Å². The molecule has 0 aromatic heterocycles. The highest BCUT2D eigenvalue weighted by atomic mass is 19.1. The molecule has 1 N–H and O–H groups in total. The number of benzene rings is 1. The summed E-state index contributed by atoms with van der Waals surface area (Å²) in [4.78, 5) is 4.71. The molecule has 4 heteroatoms. The molecule has 1 aliphatic rings. The van der Waals surface area contributed by atoms with Crippen molar-refractivity contribution < 1.29 is 4.39 Å². The lowest BCUT2D eigenvalue weighted by molar-refractivity contribution is 0.176. The maximum atomic E-state index is 13.8. The van der Waals surface area contributed by atoms with E-state index >= 15 is 0 Å². The summed E-state index contributed by atoms with van der Waals surface area (Å²) >= 11 is 0. The number of anilines is 1. The Labute approximate surface area is 128 Å². The number of nitrogens with one attached hydrogen (secondary N) is 1. The molecule has 0 aliphatic carbocycles. The summed E-state index contributed by atoms with van der Waals surface area (Å²) in [5.41, 5.74) is 0.745. The highest BCUT2D eigenvalue weighted by molar-refractivity contribution is 5.48. The lowest BCUT2D eigenvalue weighted by Crippen LogP contribution is -2.53. The largest absolute Gasteiger partial charge is 0.367 e. The predicted octanol–water partition coefficient (Wildman–Crippen LogP) is 2.73. The SMILES string of the molecule is CCCNCC(CC)N1CCN(c2ccccc2F)CC1. The van der Waals surface area contributed by atoms with Crippen molar-refractivity contribution in [2.45, 2.75) is 32.7 Å². The molecule has 3 nitrogen and oxygen atoms in total. The molecule has 2 rings (SSSR count). The summed E-state index contributed by atoms with van der Waals surface area (Å²) in [7, 11) is 0. The molecule has 1 unspecified atom stereocenters. The monoisotopic (exact) mass is 293 g/mol. The van der Waals surface area contributed by atoms with Gasteiger partial charge in [0.2, 0.25) is 0 Å². The van der Waals surface area contributed by atoms with Crippen LogP contribution in [-0.4, -0.2) is 50.2 Å². The van der Waals surface area contributed by atoms with E-state index in [1.54, 1.807) is 12.1 Å². The van der Waals surface area contributed by atoms with Gasteiger partial charge >= 0.3 is 0 Å². The maximum Gasteiger partial charge on any atom is 0.146 e. The number of rotatable bonds is 7. The Kier molecular flexibility index (Phi) is 6.46. The Bertz CT molecular complexity index is 416. The summed E-state index contributed by atoms with van der Waals surface area (Å²) in [6, 6.07) is 7.69. The first-order valence-electron chi connectivity index (χ1n) is 8.20. The lowest BCUT2D eigenvalue weighted by atomic mass is 10.1. The van der Waals surface area contributed by atoms with Gasteiger partial charge in [-0.15, -0.1) is 0 Å². The molecule has 118 valence electrons. The Hall–Kier alpha value is -1.13. The zero-order chi connectivity index (χ0) is 15.1. The minimum atomic E-state index is -0.109. The Morgan fingerprint density at radius 2 is 1.86 bits per heavy atom. The summed E-state index contributed by atoms with van der Waals surface area (Å²) in [6.07, 6.45) is 2.34. The van der Waals surface area contributed by atoms with Gasteiger partial charge in [0.15, 0.2) is 0 Å². The number of hydrogen-bond donors (Lipinski definition) is 1. The van der Waals surface area contributed by atoms with E-state index in [2.05, 4.69) is 29.0 Å². The number of halogens is 1. The van der Waals surface area contributed by atoms with Gasteiger partial charge in [0, 0.05) is 38.8 Å². The highest BCUT2D eigenvalue weighted by Crippen LogP contribution is 2.21. The van der Waals surface area contributed by atoms with Crippen LogP contribution in [-0.2, 0) is 0 Å². The molecular weight excluding hydrogens is 265 g/mol. The van der Waals surface area contributed by atoms with Crippen LogP contribution >= 0.6 is 0 Å². The van der Waals surface area contributed by atoms with Crippen LogP contribution in [0.2, 0.25) is 0 Å². The van der Waals surface area contributed by atoms with Crippen LogP contribution in [0.5, 0.6) is 0 Å². The van der Waals surface area contributed by atoms with Crippen molar-refractivity contribution in [3.8, 4) is 0 Å². The van der Waals surface area contributed by atoms with Gasteiger partial charge in [-0.2, -0.15) is 0 Å². The second-order valence-electron chi connectivity index (χ2n) is 5.74. The smallest absolute Gasteiger partial charge is 0.146 e. The van der Waals surface area contributed by atoms with Crippen LogP contribution in [0, 0.1) is 5.82 Å². The van der Waals surface area contributed by atoms with Crippen LogP contribution in [0.15, 0.2) is 24.3 Å². The second-order valence-corrected chi connectivity index (χ2v) is 5.74. The number of para-hydroxylation sites is 1. The van der Waals surface area contributed by atoms with Gasteiger partial charge in [-0.1, -0.05) is 26.0 Å². The van der Waals surface area contributed by atoms with E-state index in [1.165, 1.54) is 6.42 Å². The van der Waals surface area contributed by atoms with Crippen LogP contribution < -0.4 is 10.2 Å². The number of nitrogens with zero attached hydrogens (tertiary/aromatic N) is 2. The summed E-state index contributed by atoms with van der Waals surface area (Å²) in [5, 5.41) is 3.52. The lowest BCUT2D eigenvalue weighted by Gasteiger charge is -2.40. The second kappa shape index (κ2) is 8.35. The molecule has 1 saturated heterocycles. The van der Waals surface area contributed by atoms with Gasteiger partial charge in [-0.3, -0.25) is 4.90 Å². The van der Waals surface area contributed by atoms with E-state index in [4.69, 9.17) is 0 Å². The molecule has 0 bridgehead atoms. The normalized spacial score (nSPS) is 18.0. The van der Waals surface area contributed by atoms with Crippen molar-refractivity contribution in [2.75, 3.05) is 44.2 Å². The van der Waals surface area contributed by atoms with Crippen LogP contribution in [0.3, 0.4) is 0 Å². The zero-order valence-corrected chi connectivity index (χ0v) is 13.3. The first-order chi connectivity index (χ1) is 10.3. The third-order valence-corrected chi connectivity index (χ3v) is 4.30. The molecule has 0 spiro atoms. The molecule has 1 aliphatic heterocycles. The molecule has 1 heterocycles. The standard InChI is InChI=1S/C17H28FN3/c1-3-9-19-14-15(4-2)20-10-12-21(13-11-20)17-8-6-5-7-16(17)18/h5-8,15,19H,3-4,9-14H2,1-2H3. The van der Waals surface area contributed by atoms with Crippen LogP contribution in [0.1, 0.15) is 26.7 Å². The minimum absolute atomic E-state index is 0.109. The van der Waals surface area contributed by atoms with Crippen molar-refractivity contribution in [1.82, 2.24) is 10.2 Å². The van der Waals surface area contributed by atoms with Gasteiger partial charge in [0.05, 0.1) is 5.69 Å². The van der Waals surface area contributed by atoms with Crippen molar-refractivity contribution in [3.63, 3.8) is 0 Å². The fourth-order valence-corrected chi connectivity index (χ4v) is 3.01. The molecule has 1 fully saturated rings. The van der Waals surface area contributed by atoms with E-state index in [0.717, 1.165) is 51.4 Å². The highest BCUT2D eigenvalue weighted by Gasteiger charge is 2.23. The molecule has 0 saturated carbocycles. The summed E-state index contributed by atoms with van der Waals surface area (Å²) in [6.45, 7) is 10.4. The van der Waals surface area contributed by atoms with Crippen LogP contribution in [0.4, 0.5) is 10.1 Å². The van der Waals surface area contributed by atoms with Gasteiger partial charge in [-0.25, -0.2) is 4.39 Å². The number of hydrogen-bond acceptors (Lipinski definition) is 3. The molecular formula is C17H28FN3. The van der Waals surface area contributed by atoms with Crippen molar-refractivity contribution in [2.24, 2.45) is 0 Å². The summed E-state index contributed by atoms with van der Waals surface area (Å²) < 4.78 is 13.8. The molecule has 21 heavy (non-hydrogen) atoms. The Morgan fingerprint density at radius 3 is 2.48 bits per heavy atom. The Balaban J connectivity index is 1.86. The maximum absolute atomic E-state index is 13.8. The molecule has 0 amide bonds. The zero-order valence-electron chi connectivity index (χ0n) is 13.3. The van der Waals surface area contributed by atoms with Gasteiger partial charge in [-0.05, 0) is 31.5 Å². The molecule has 0 radical (unpaired) electrons. The van der Waals surface area contributed by atoms with Gasteiger partial charge in [0.1, 0.15) is 5.82 Å². The molecule has 1 aromatic rings. The third kappa shape index (κ3) is 4.42. The molecule has 1 aromatic carbocycles. The summed E-state index contributed by atoms with van der Waals surface area (Å²) in [5.74, 6) is -0.109. The third-order valence-electron chi connectivity index (χ3n) is 4.30. The Morgan fingerprint density at radius 1 is 1.14 bits per heavy atom. The fourth-order valence-electron chi connectivity index (χ4n) is 3.01. The first-order valence-corrected chi connectivity index (χ1v) is 8.20. The molecule has 1 atom stereocenters. The predicted molar refractivity (Wildman–Crippen MR) is 87.4 cm³/mol. The quantitative estimate of drug-likeness (QED) is 0.780. The topological polar surface area (TPSA) is 18.5 Å². The van der Waals surface area contributed by atoms with Crippen molar-refractivity contribution in [3.05, 3.63) is 30.1 Å². The fraction of sp³-hybridized carbons (Fsp3) is 0.647. The van der Waals surface area contributed by atoms with Gasteiger partial charge < -0.3 is 10.2 Å². The van der Waals surface area contributed by atoms with E-state index in [9.17, 15) is 4.39 Å². The first kappa shape index (κ1) is 16.2. The minimum Gasteiger partial charge on any atom is -0.367 e.